The molecule has 0 aliphatic rings. The van der Waals surface area contributed by atoms with Crippen molar-refractivity contribution in [3.63, 3.8) is 0 Å². The number of allylic oxidation sites excluding steroid dienone is 2. The largest absolute Gasteiger partial charge is 0.494 e. The van der Waals surface area contributed by atoms with Crippen molar-refractivity contribution < 1.29 is 19.4 Å². The Labute approximate surface area is 170 Å². The van der Waals surface area contributed by atoms with Crippen molar-refractivity contribution in [1.29, 1.82) is 0 Å². The molecule has 0 amide bonds. The van der Waals surface area contributed by atoms with E-state index in [2.05, 4.69) is 6.08 Å². The molecule has 0 saturated heterocycles. The first kappa shape index (κ1) is 20.4. The second kappa shape index (κ2) is 9.24. The third-order valence-corrected chi connectivity index (χ3v) is 4.79. The van der Waals surface area contributed by atoms with Gasteiger partial charge in [0.05, 0.1) is 18.5 Å². The van der Waals surface area contributed by atoms with Gasteiger partial charge in [-0.05, 0) is 68.7 Å². The van der Waals surface area contributed by atoms with Crippen LogP contribution in [0.1, 0.15) is 41.4 Å². The standard InChI is InChI=1S/C24H25NO4/c1-3-4-5-6-14-29-20-12-10-18(11-13-20)24(28)25-17(2)15-21-19(16-23(26)27)8-7-9-22(21)25/h3-4,7-13,15H,5-6,14,16H2,1-2H3,(H,26,27). The van der Waals surface area contributed by atoms with Crippen LogP contribution in [0.5, 0.6) is 5.75 Å². The third-order valence-electron chi connectivity index (χ3n) is 4.79. The number of nitrogens with zero attached hydrogens (tertiary/aromatic N) is 1. The minimum atomic E-state index is -0.893. The van der Waals surface area contributed by atoms with Gasteiger partial charge in [0.15, 0.2) is 0 Å². The lowest BCUT2D eigenvalue weighted by atomic mass is 10.1. The quantitative estimate of drug-likeness (QED) is 0.433. The van der Waals surface area contributed by atoms with Gasteiger partial charge in [-0.15, -0.1) is 0 Å². The van der Waals surface area contributed by atoms with Crippen LogP contribution in [-0.4, -0.2) is 28.2 Å². The monoisotopic (exact) mass is 391 g/mol. The van der Waals surface area contributed by atoms with E-state index in [1.807, 2.05) is 32.1 Å². The van der Waals surface area contributed by atoms with Gasteiger partial charge in [0, 0.05) is 16.6 Å². The molecule has 0 bridgehead atoms. The first-order valence-corrected chi connectivity index (χ1v) is 9.71. The van der Waals surface area contributed by atoms with Gasteiger partial charge >= 0.3 is 5.97 Å². The Morgan fingerprint density at radius 1 is 1.14 bits per heavy atom. The van der Waals surface area contributed by atoms with Crippen LogP contribution in [0.15, 0.2) is 60.7 Å². The van der Waals surface area contributed by atoms with Gasteiger partial charge in [0.2, 0.25) is 0 Å². The molecule has 0 aliphatic carbocycles. The van der Waals surface area contributed by atoms with E-state index in [1.54, 1.807) is 41.0 Å². The van der Waals surface area contributed by atoms with Crippen molar-refractivity contribution in [3.8, 4) is 5.75 Å². The smallest absolute Gasteiger partial charge is 0.307 e. The number of aliphatic carboxylic acids is 1. The average molecular weight is 391 g/mol. The van der Waals surface area contributed by atoms with Crippen molar-refractivity contribution in [2.24, 2.45) is 0 Å². The summed E-state index contributed by atoms with van der Waals surface area (Å²) in [5.74, 6) is -0.306. The van der Waals surface area contributed by atoms with E-state index in [0.717, 1.165) is 35.2 Å². The first-order chi connectivity index (χ1) is 14.0. The highest BCUT2D eigenvalue weighted by atomic mass is 16.5. The normalized spacial score (nSPS) is 11.2. The van der Waals surface area contributed by atoms with Crippen LogP contribution < -0.4 is 4.74 Å². The van der Waals surface area contributed by atoms with Crippen molar-refractivity contribution in [1.82, 2.24) is 4.57 Å². The number of aryl methyl sites for hydroxylation is 1. The van der Waals surface area contributed by atoms with Gasteiger partial charge < -0.3 is 9.84 Å². The molecule has 0 saturated carbocycles. The Morgan fingerprint density at radius 2 is 1.90 bits per heavy atom. The average Bonchev–Trinajstić information content (AvgIpc) is 3.04. The predicted molar refractivity (Wildman–Crippen MR) is 114 cm³/mol. The highest BCUT2D eigenvalue weighted by Crippen LogP contribution is 2.25. The van der Waals surface area contributed by atoms with Gasteiger partial charge in [-0.25, -0.2) is 0 Å². The number of carboxylic acid groups (broad SMARTS) is 1. The fraction of sp³-hybridized carbons (Fsp3) is 0.250. The molecule has 0 spiro atoms. The van der Waals surface area contributed by atoms with Crippen molar-refractivity contribution in [2.75, 3.05) is 6.61 Å². The summed E-state index contributed by atoms with van der Waals surface area (Å²) < 4.78 is 7.35. The summed E-state index contributed by atoms with van der Waals surface area (Å²) in [6.07, 6.45) is 5.99. The lowest BCUT2D eigenvalue weighted by Gasteiger charge is -2.09. The number of carbonyl (C=O) groups is 2. The zero-order valence-corrected chi connectivity index (χ0v) is 16.7. The van der Waals surface area contributed by atoms with Crippen LogP contribution in [-0.2, 0) is 11.2 Å². The first-order valence-electron chi connectivity index (χ1n) is 9.71. The molecule has 1 N–H and O–H groups in total. The van der Waals surface area contributed by atoms with Crippen LogP contribution >= 0.6 is 0 Å². The Kier molecular flexibility index (Phi) is 6.50. The predicted octanol–water partition coefficient (Wildman–Crippen LogP) is 5.00. The Morgan fingerprint density at radius 3 is 2.59 bits per heavy atom. The summed E-state index contributed by atoms with van der Waals surface area (Å²) in [5.41, 5.74) is 2.74. The summed E-state index contributed by atoms with van der Waals surface area (Å²) in [6, 6.07) is 14.4. The second-order valence-corrected chi connectivity index (χ2v) is 6.93. The number of ether oxygens (including phenoxy) is 1. The lowest BCUT2D eigenvalue weighted by molar-refractivity contribution is -0.136. The molecule has 3 aromatic rings. The molecule has 0 radical (unpaired) electrons. The molecule has 29 heavy (non-hydrogen) atoms. The topological polar surface area (TPSA) is 68.5 Å². The maximum Gasteiger partial charge on any atom is 0.307 e. The molecule has 0 atom stereocenters. The number of hydrogen-bond acceptors (Lipinski definition) is 3. The minimum absolute atomic E-state index is 0.0743. The third kappa shape index (κ3) is 4.74. The number of aromatic nitrogens is 1. The molecular formula is C24H25NO4. The molecule has 5 heteroatoms. The minimum Gasteiger partial charge on any atom is -0.494 e. The summed E-state index contributed by atoms with van der Waals surface area (Å²) in [7, 11) is 0. The van der Waals surface area contributed by atoms with E-state index in [4.69, 9.17) is 9.84 Å². The summed E-state index contributed by atoms with van der Waals surface area (Å²) in [6.45, 7) is 4.48. The second-order valence-electron chi connectivity index (χ2n) is 6.93. The van der Waals surface area contributed by atoms with E-state index in [0.29, 0.717) is 17.7 Å². The molecule has 1 aromatic heterocycles. The fourth-order valence-corrected chi connectivity index (χ4v) is 3.39. The van der Waals surface area contributed by atoms with Crippen LogP contribution in [0.2, 0.25) is 0 Å². The number of fused-ring (bicyclic) bond motifs is 1. The summed E-state index contributed by atoms with van der Waals surface area (Å²) >= 11 is 0. The molecule has 2 aromatic carbocycles. The van der Waals surface area contributed by atoms with Crippen LogP contribution in [0, 0.1) is 6.92 Å². The zero-order chi connectivity index (χ0) is 20.8. The number of rotatable bonds is 8. The van der Waals surface area contributed by atoms with E-state index in [1.165, 1.54) is 0 Å². The van der Waals surface area contributed by atoms with Crippen LogP contribution in [0.3, 0.4) is 0 Å². The zero-order valence-electron chi connectivity index (χ0n) is 16.7. The van der Waals surface area contributed by atoms with Crippen molar-refractivity contribution in [2.45, 2.75) is 33.1 Å². The van der Waals surface area contributed by atoms with Crippen molar-refractivity contribution >= 4 is 22.8 Å². The van der Waals surface area contributed by atoms with Crippen LogP contribution in [0.25, 0.3) is 10.9 Å². The van der Waals surface area contributed by atoms with E-state index in [9.17, 15) is 9.59 Å². The van der Waals surface area contributed by atoms with E-state index < -0.39 is 5.97 Å². The number of unbranched alkanes of at least 4 members (excludes halogenated alkanes) is 1. The maximum atomic E-state index is 13.1. The number of hydrogen-bond donors (Lipinski definition) is 1. The number of carbonyl (C=O) groups excluding carboxylic acids is 1. The van der Waals surface area contributed by atoms with Crippen LogP contribution in [0.4, 0.5) is 0 Å². The van der Waals surface area contributed by atoms with Gasteiger partial charge in [-0.3, -0.25) is 14.2 Å². The Bertz CT molecular complexity index is 1040. The lowest BCUT2D eigenvalue weighted by Crippen LogP contribution is -2.13. The molecular weight excluding hydrogens is 366 g/mol. The number of carboxylic acids is 1. The Hall–Kier alpha value is -3.34. The molecule has 1 heterocycles. The number of benzene rings is 2. The van der Waals surface area contributed by atoms with Gasteiger partial charge in [0.1, 0.15) is 5.75 Å². The molecule has 0 unspecified atom stereocenters. The van der Waals surface area contributed by atoms with Gasteiger partial charge in [0.25, 0.3) is 5.91 Å². The van der Waals surface area contributed by atoms with Gasteiger partial charge in [-0.2, -0.15) is 0 Å². The molecule has 3 rings (SSSR count). The highest BCUT2D eigenvalue weighted by molar-refractivity contribution is 6.04. The van der Waals surface area contributed by atoms with Crippen molar-refractivity contribution in [3.05, 3.63) is 77.5 Å². The fourth-order valence-electron chi connectivity index (χ4n) is 3.39. The summed E-state index contributed by atoms with van der Waals surface area (Å²) in [5, 5.41) is 9.92. The highest BCUT2D eigenvalue weighted by Gasteiger charge is 2.17. The molecule has 5 nitrogen and oxygen atoms in total. The maximum absolute atomic E-state index is 13.1. The summed E-state index contributed by atoms with van der Waals surface area (Å²) in [4.78, 5) is 24.2. The van der Waals surface area contributed by atoms with E-state index in [-0.39, 0.29) is 12.3 Å². The molecule has 0 fully saturated rings. The van der Waals surface area contributed by atoms with Gasteiger partial charge in [-0.1, -0.05) is 24.3 Å². The molecule has 0 aliphatic heterocycles. The molecule has 150 valence electrons. The van der Waals surface area contributed by atoms with E-state index >= 15 is 0 Å². The SMILES string of the molecule is CC=CCCCOc1ccc(C(=O)n2c(C)cc3c(CC(=O)O)cccc32)cc1. The Balaban J connectivity index is 1.80.